The quantitative estimate of drug-likeness (QED) is 0.0448. The normalized spacial score (nSPS) is 13.5. The third-order valence-electron chi connectivity index (χ3n) is 9.09. The van der Waals surface area contributed by atoms with Gasteiger partial charge in [0, 0.05) is 41.9 Å². The van der Waals surface area contributed by atoms with Crippen molar-refractivity contribution in [2.24, 2.45) is 0 Å². The van der Waals surface area contributed by atoms with Crippen LogP contribution in [-0.4, -0.2) is 67.0 Å². The Morgan fingerprint density at radius 3 is 2.49 bits per heavy atom. The second-order valence-corrected chi connectivity index (χ2v) is 13.3. The minimum atomic E-state index is -4.96. The fourth-order valence-electron chi connectivity index (χ4n) is 6.22. The molecule has 0 saturated carbocycles. The lowest BCUT2D eigenvalue weighted by Gasteiger charge is -2.23. The molecule has 5 aromatic rings. The minimum Gasteiger partial charge on any atom is -0.502 e. The van der Waals surface area contributed by atoms with Crippen LogP contribution < -0.4 is 25.4 Å². The van der Waals surface area contributed by atoms with E-state index in [1.165, 1.54) is 36.4 Å². The highest BCUT2D eigenvalue weighted by Crippen LogP contribution is 2.44. The molecule has 0 bridgehead atoms. The number of carbonyl (C=O) groups is 2. The number of rotatable bonds is 15. The van der Waals surface area contributed by atoms with Crippen molar-refractivity contribution in [2.75, 3.05) is 44.8 Å². The number of alkyl halides is 3. The van der Waals surface area contributed by atoms with E-state index in [4.69, 9.17) is 26.0 Å². The van der Waals surface area contributed by atoms with Crippen LogP contribution in [0.3, 0.4) is 0 Å². The number of aliphatic hydroxyl groups is 1. The van der Waals surface area contributed by atoms with Crippen LogP contribution in [-0.2, 0) is 28.7 Å². The van der Waals surface area contributed by atoms with Crippen LogP contribution in [0.4, 0.5) is 28.9 Å². The molecule has 57 heavy (non-hydrogen) atoms. The summed E-state index contributed by atoms with van der Waals surface area (Å²) in [4.78, 5) is 31.7. The van der Waals surface area contributed by atoms with Gasteiger partial charge in [0.25, 0.3) is 11.8 Å². The van der Waals surface area contributed by atoms with Gasteiger partial charge >= 0.3 is 6.18 Å². The number of H-pyrrole nitrogens is 1. The van der Waals surface area contributed by atoms with Gasteiger partial charge in [-0.2, -0.15) is 18.4 Å². The maximum Gasteiger partial charge on any atom is 0.407 e. The van der Waals surface area contributed by atoms with Gasteiger partial charge in [0.05, 0.1) is 42.5 Å². The zero-order valence-electron chi connectivity index (χ0n) is 30.5. The molecule has 2 amide bonds. The number of amides is 2. The molecule has 0 saturated heterocycles. The highest BCUT2D eigenvalue weighted by molar-refractivity contribution is 6.10. The first-order valence-electron chi connectivity index (χ1n) is 17.7. The first kappa shape index (κ1) is 40.2. The van der Waals surface area contributed by atoms with Crippen molar-refractivity contribution >= 4 is 34.1 Å². The number of hydrogen-bond donors (Lipinski definition) is 5. The molecule has 1 aliphatic rings. The molecular weight excluding hydrogens is 748 g/mol. The van der Waals surface area contributed by atoms with E-state index in [-0.39, 0.29) is 37.2 Å². The van der Waals surface area contributed by atoms with Crippen LogP contribution in [0.2, 0.25) is 0 Å². The minimum absolute atomic E-state index is 0.0211. The lowest BCUT2D eigenvalue weighted by atomic mass is 9.99. The molecular formula is C41H36F4N6O6. The van der Waals surface area contributed by atoms with Crippen LogP contribution in [0.5, 0.6) is 11.5 Å². The predicted molar refractivity (Wildman–Crippen MR) is 201 cm³/mol. The van der Waals surface area contributed by atoms with Gasteiger partial charge in [0.15, 0.2) is 5.60 Å². The maximum atomic E-state index is 14.2. The summed E-state index contributed by atoms with van der Waals surface area (Å²) in [6.45, 7) is 9.35. The van der Waals surface area contributed by atoms with Crippen molar-refractivity contribution < 1.29 is 46.5 Å². The number of nitriles is 1. The summed E-state index contributed by atoms with van der Waals surface area (Å²) in [7, 11) is 0. The van der Waals surface area contributed by atoms with E-state index in [0.717, 1.165) is 40.8 Å². The van der Waals surface area contributed by atoms with Crippen LogP contribution in [0.1, 0.15) is 39.5 Å². The Labute approximate surface area is 324 Å². The average Bonchev–Trinajstić information content (AvgIpc) is 3.46. The number of nitrogens with zero attached hydrogens (tertiary/aromatic N) is 2. The van der Waals surface area contributed by atoms with E-state index >= 15 is 0 Å². The van der Waals surface area contributed by atoms with E-state index in [1.54, 1.807) is 0 Å². The van der Waals surface area contributed by atoms with Crippen LogP contribution in [0, 0.1) is 23.7 Å². The van der Waals surface area contributed by atoms with Crippen molar-refractivity contribution in [3.63, 3.8) is 0 Å². The van der Waals surface area contributed by atoms with Crippen LogP contribution in [0.15, 0.2) is 72.8 Å². The van der Waals surface area contributed by atoms with Crippen LogP contribution in [0.25, 0.3) is 27.0 Å². The highest BCUT2D eigenvalue weighted by Gasteiger charge is 2.37. The SMILES string of the molecule is [C-]#[N+]c1c(OCCOCCNCc2ccc(-c3[nH]c4cc(F)cc5c4c3CCNC5=O)cc2)cc(NC(=O)[C@](C)(O)COc2ccc(C#N)cc2)cc1C(F)(F)F. The topological polar surface area (TPSA) is 162 Å². The summed E-state index contributed by atoms with van der Waals surface area (Å²) in [5.74, 6) is -2.05. The van der Waals surface area contributed by atoms with Gasteiger partial charge in [-0.3, -0.25) is 9.59 Å². The Kier molecular flexibility index (Phi) is 12.1. The lowest BCUT2D eigenvalue weighted by molar-refractivity contribution is -0.137. The zero-order valence-corrected chi connectivity index (χ0v) is 30.5. The molecule has 0 unspecified atom stereocenters. The summed E-state index contributed by atoms with van der Waals surface area (Å²) >= 11 is 0. The summed E-state index contributed by atoms with van der Waals surface area (Å²) in [5, 5.41) is 28.7. The molecule has 1 aliphatic heterocycles. The molecule has 1 aromatic heterocycles. The monoisotopic (exact) mass is 784 g/mol. The molecule has 6 rings (SSSR count). The number of aromatic nitrogens is 1. The van der Waals surface area contributed by atoms with Gasteiger partial charge in [-0.25, -0.2) is 9.24 Å². The van der Waals surface area contributed by atoms with E-state index in [0.29, 0.717) is 48.8 Å². The molecule has 16 heteroatoms. The first-order valence-corrected chi connectivity index (χ1v) is 17.7. The Morgan fingerprint density at radius 2 is 1.79 bits per heavy atom. The fraction of sp³-hybridized carbons (Fsp3) is 0.268. The maximum absolute atomic E-state index is 14.2. The number of ether oxygens (including phenoxy) is 3. The number of halogens is 4. The number of aromatic amines is 1. The van der Waals surface area contributed by atoms with Crippen molar-refractivity contribution in [3.05, 3.63) is 118 Å². The molecule has 0 spiro atoms. The molecule has 0 radical (unpaired) electrons. The molecule has 4 aromatic carbocycles. The number of nitrogens with one attached hydrogen (secondary N) is 4. The molecule has 1 atom stereocenters. The summed E-state index contributed by atoms with van der Waals surface area (Å²) in [6, 6.07) is 19.9. The molecule has 12 nitrogen and oxygen atoms in total. The van der Waals surface area contributed by atoms with Crippen molar-refractivity contribution in [1.82, 2.24) is 15.6 Å². The lowest BCUT2D eigenvalue weighted by Crippen LogP contribution is -2.45. The Balaban J connectivity index is 0.988. The summed E-state index contributed by atoms with van der Waals surface area (Å²) in [5.41, 5.74) is 0.216. The zero-order chi connectivity index (χ0) is 40.7. The van der Waals surface area contributed by atoms with Gasteiger partial charge in [-0.15, -0.1) is 0 Å². The number of carbonyl (C=O) groups excluding carboxylic acids is 2. The second-order valence-electron chi connectivity index (χ2n) is 13.3. The van der Waals surface area contributed by atoms with Crippen molar-refractivity contribution in [2.45, 2.75) is 31.7 Å². The Morgan fingerprint density at radius 1 is 1.04 bits per heavy atom. The standard InChI is InChI=1S/C41H36F4N6O6/c1-40(54,23-57-29-9-5-24(21-46)6-10-29)39(53)50-28-19-32(41(43,44)45)37(47-2)34(20-28)56-16-15-55-14-13-48-22-25-3-7-26(8-4-25)36-30-11-12-49-38(52)31-17-27(42)18-33(51-36)35(30)31/h3-10,17-20,48,51,54H,11-16,22-23H2,1H3,(H,49,52)(H,50,53)/t40-/m1/s1. The van der Waals surface area contributed by atoms with Gasteiger partial charge < -0.3 is 40.3 Å². The number of hydrogen-bond acceptors (Lipinski definition) is 8. The molecule has 5 N–H and O–H groups in total. The summed E-state index contributed by atoms with van der Waals surface area (Å²) < 4.78 is 72.7. The van der Waals surface area contributed by atoms with Gasteiger partial charge in [0.2, 0.25) is 5.69 Å². The van der Waals surface area contributed by atoms with Gasteiger partial charge in [-0.05, 0) is 78.6 Å². The second kappa shape index (κ2) is 17.1. The fourth-order valence-corrected chi connectivity index (χ4v) is 6.22. The molecule has 2 heterocycles. The Hall–Kier alpha value is -6.46. The van der Waals surface area contributed by atoms with E-state index < -0.39 is 47.1 Å². The van der Waals surface area contributed by atoms with E-state index in [1.807, 2.05) is 30.3 Å². The molecule has 0 aliphatic carbocycles. The highest BCUT2D eigenvalue weighted by atomic mass is 19.4. The van der Waals surface area contributed by atoms with E-state index in [2.05, 4.69) is 25.8 Å². The number of benzene rings is 4. The van der Waals surface area contributed by atoms with Crippen LogP contribution >= 0.6 is 0 Å². The third kappa shape index (κ3) is 9.50. The third-order valence-corrected chi connectivity index (χ3v) is 9.09. The van der Waals surface area contributed by atoms with Gasteiger partial charge in [-0.1, -0.05) is 24.3 Å². The predicted octanol–water partition coefficient (Wildman–Crippen LogP) is 6.65. The van der Waals surface area contributed by atoms with Crippen molar-refractivity contribution in [1.29, 1.82) is 5.26 Å². The molecule has 0 fully saturated rings. The smallest absolute Gasteiger partial charge is 0.407 e. The largest absolute Gasteiger partial charge is 0.502 e. The number of anilines is 1. The summed E-state index contributed by atoms with van der Waals surface area (Å²) in [6.07, 6.45) is -4.36. The average molecular weight is 785 g/mol. The van der Waals surface area contributed by atoms with Crippen molar-refractivity contribution in [3.8, 4) is 28.8 Å². The first-order chi connectivity index (χ1) is 27.3. The Bertz CT molecular complexity index is 2360. The van der Waals surface area contributed by atoms with Gasteiger partial charge in [0.1, 0.15) is 30.5 Å². The van der Waals surface area contributed by atoms with E-state index in [9.17, 15) is 32.3 Å². The molecule has 294 valence electrons.